The molecule has 0 saturated heterocycles. The number of nitrogens with one attached hydrogen (secondary N) is 4. The molecule has 1 aromatic heterocycles. The second-order valence-electron chi connectivity index (χ2n) is 7.87. The highest BCUT2D eigenvalue weighted by atomic mass is 16.4. The molecule has 0 spiro atoms. The highest BCUT2D eigenvalue weighted by Gasteiger charge is 2.29. The SMILES string of the molecule is CC(NC(=O)C(Cc1cnc[nH]1)NC(=O)C(N)Cc1ccccc1)C(=O)NC(CC(=O)O)C(=O)O. The molecule has 188 valence electrons. The van der Waals surface area contributed by atoms with E-state index >= 15 is 0 Å². The molecular formula is C22H28N6O7. The zero-order chi connectivity index (χ0) is 26.0. The fourth-order valence-corrected chi connectivity index (χ4v) is 3.12. The summed E-state index contributed by atoms with van der Waals surface area (Å²) in [5, 5.41) is 24.9. The molecule has 1 heterocycles. The van der Waals surface area contributed by atoms with Gasteiger partial charge >= 0.3 is 11.9 Å². The summed E-state index contributed by atoms with van der Waals surface area (Å²) in [6, 6.07) is 4.12. The summed E-state index contributed by atoms with van der Waals surface area (Å²) in [6.07, 6.45) is 2.29. The number of imidazole rings is 1. The molecule has 13 heteroatoms. The van der Waals surface area contributed by atoms with Crippen LogP contribution in [0.15, 0.2) is 42.9 Å². The van der Waals surface area contributed by atoms with Crippen molar-refractivity contribution < 1.29 is 34.2 Å². The van der Waals surface area contributed by atoms with Crippen LogP contribution in [0.2, 0.25) is 0 Å². The van der Waals surface area contributed by atoms with Crippen molar-refractivity contribution in [1.29, 1.82) is 0 Å². The number of aromatic amines is 1. The lowest BCUT2D eigenvalue weighted by Gasteiger charge is -2.23. The lowest BCUT2D eigenvalue weighted by Crippen LogP contribution is -2.57. The van der Waals surface area contributed by atoms with Gasteiger partial charge in [0.15, 0.2) is 0 Å². The molecule has 35 heavy (non-hydrogen) atoms. The molecule has 0 fully saturated rings. The van der Waals surface area contributed by atoms with E-state index in [0.29, 0.717) is 5.69 Å². The smallest absolute Gasteiger partial charge is 0.326 e. The Morgan fingerprint density at radius 3 is 2.17 bits per heavy atom. The Bertz CT molecular complexity index is 1030. The lowest BCUT2D eigenvalue weighted by molar-refractivity contribution is -0.147. The average molecular weight is 489 g/mol. The van der Waals surface area contributed by atoms with E-state index in [-0.39, 0.29) is 12.8 Å². The third-order valence-electron chi connectivity index (χ3n) is 4.99. The molecule has 0 aliphatic carbocycles. The van der Waals surface area contributed by atoms with Gasteiger partial charge in [-0.1, -0.05) is 30.3 Å². The van der Waals surface area contributed by atoms with E-state index in [1.165, 1.54) is 19.4 Å². The summed E-state index contributed by atoms with van der Waals surface area (Å²) in [4.78, 5) is 66.6. The predicted molar refractivity (Wildman–Crippen MR) is 122 cm³/mol. The summed E-state index contributed by atoms with van der Waals surface area (Å²) >= 11 is 0. The van der Waals surface area contributed by atoms with Crippen molar-refractivity contribution in [2.75, 3.05) is 0 Å². The molecular weight excluding hydrogens is 460 g/mol. The third kappa shape index (κ3) is 8.89. The maximum Gasteiger partial charge on any atom is 0.326 e. The number of carbonyl (C=O) groups excluding carboxylic acids is 3. The number of rotatable bonds is 13. The largest absolute Gasteiger partial charge is 0.481 e. The van der Waals surface area contributed by atoms with Crippen LogP contribution in [0.4, 0.5) is 0 Å². The van der Waals surface area contributed by atoms with Gasteiger partial charge in [-0.05, 0) is 18.9 Å². The highest BCUT2D eigenvalue weighted by molar-refractivity contribution is 5.94. The number of carboxylic acid groups (broad SMARTS) is 2. The van der Waals surface area contributed by atoms with E-state index < -0.39 is 60.2 Å². The van der Waals surface area contributed by atoms with Gasteiger partial charge in [0.1, 0.15) is 18.1 Å². The maximum atomic E-state index is 12.9. The van der Waals surface area contributed by atoms with Gasteiger partial charge in [-0.15, -0.1) is 0 Å². The Morgan fingerprint density at radius 2 is 1.60 bits per heavy atom. The molecule has 0 aliphatic rings. The quantitative estimate of drug-likeness (QED) is 0.175. The summed E-state index contributed by atoms with van der Waals surface area (Å²) in [5.74, 6) is -5.16. The number of amides is 3. The number of nitrogens with zero attached hydrogens (tertiary/aromatic N) is 1. The van der Waals surface area contributed by atoms with Crippen LogP contribution < -0.4 is 21.7 Å². The molecule has 0 aliphatic heterocycles. The van der Waals surface area contributed by atoms with Crippen LogP contribution in [-0.2, 0) is 36.8 Å². The van der Waals surface area contributed by atoms with Gasteiger partial charge in [0, 0.05) is 18.3 Å². The van der Waals surface area contributed by atoms with Crippen LogP contribution >= 0.6 is 0 Å². The van der Waals surface area contributed by atoms with Crippen molar-refractivity contribution in [2.45, 2.75) is 50.4 Å². The number of carboxylic acids is 2. The summed E-state index contributed by atoms with van der Waals surface area (Å²) in [5.41, 5.74) is 7.38. The van der Waals surface area contributed by atoms with Gasteiger partial charge in [0.2, 0.25) is 17.7 Å². The van der Waals surface area contributed by atoms with Gasteiger partial charge in [-0.3, -0.25) is 19.2 Å². The maximum absolute atomic E-state index is 12.9. The highest BCUT2D eigenvalue weighted by Crippen LogP contribution is 2.05. The van der Waals surface area contributed by atoms with Gasteiger partial charge in [0.05, 0.1) is 18.8 Å². The van der Waals surface area contributed by atoms with E-state index in [4.69, 9.17) is 15.9 Å². The van der Waals surface area contributed by atoms with E-state index in [2.05, 4.69) is 25.9 Å². The minimum Gasteiger partial charge on any atom is -0.481 e. The fraction of sp³-hybridized carbons (Fsp3) is 0.364. The first-order valence-corrected chi connectivity index (χ1v) is 10.7. The molecule has 4 atom stereocenters. The van der Waals surface area contributed by atoms with Crippen molar-refractivity contribution >= 4 is 29.7 Å². The van der Waals surface area contributed by atoms with Gasteiger partial charge in [-0.25, -0.2) is 9.78 Å². The van der Waals surface area contributed by atoms with E-state index in [0.717, 1.165) is 5.56 Å². The monoisotopic (exact) mass is 488 g/mol. The number of hydrogen-bond donors (Lipinski definition) is 7. The predicted octanol–water partition coefficient (Wildman–Crippen LogP) is -1.44. The average Bonchev–Trinajstić information content (AvgIpc) is 3.31. The fourth-order valence-electron chi connectivity index (χ4n) is 3.12. The first-order chi connectivity index (χ1) is 16.6. The Morgan fingerprint density at radius 1 is 0.943 bits per heavy atom. The zero-order valence-electron chi connectivity index (χ0n) is 18.9. The number of carbonyl (C=O) groups is 5. The molecule has 1 aromatic carbocycles. The molecule has 3 amide bonds. The van der Waals surface area contributed by atoms with Crippen LogP contribution in [-0.4, -0.2) is 74.0 Å². The van der Waals surface area contributed by atoms with Gasteiger partial charge in [0.25, 0.3) is 0 Å². The Hall–Kier alpha value is -4.26. The normalized spacial score (nSPS) is 14.1. The van der Waals surface area contributed by atoms with Crippen LogP contribution in [0.1, 0.15) is 24.6 Å². The number of aromatic nitrogens is 2. The summed E-state index contributed by atoms with van der Waals surface area (Å²) < 4.78 is 0. The van der Waals surface area contributed by atoms with Crippen molar-refractivity contribution in [3.8, 4) is 0 Å². The van der Waals surface area contributed by atoms with Gasteiger partial charge in [-0.2, -0.15) is 0 Å². The Kier molecular flexibility index (Phi) is 9.90. The molecule has 2 aromatic rings. The standard InChI is InChI=1S/C22H28N6O7/c1-12(19(31)28-17(22(34)35)9-18(29)30)26-21(33)16(8-14-10-24-11-25-14)27-20(32)15(23)7-13-5-3-2-4-6-13/h2-6,10-12,15-17H,7-9,23H2,1H3,(H,24,25)(H,26,33)(H,27,32)(H,28,31)(H,29,30)(H,34,35). The summed E-state index contributed by atoms with van der Waals surface area (Å²) in [7, 11) is 0. The third-order valence-corrected chi connectivity index (χ3v) is 4.99. The number of benzene rings is 1. The summed E-state index contributed by atoms with van der Waals surface area (Å²) in [6.45, 7) is 1.29. The van der Waals surface area contributed by atoms with Crippen LogP contribution in [0, 0.1) is 0 Å². The number of hydrogen-bond acceptors (Lipinski definition) is 7. The molecule has 0 radical (unpaired) electrons. The topological polar surface area (TPSA) is 217 Å². The Labute approximate surface area is 200 Å². The number of aliphatic carboxylic acids is 2. The van der Waals surface area contributed by atoms with Crippen molar-refractivity contribution in [3.63, 3.8) is 0 Å². The first-order valence-electron chi connectivity index (χ1n) is 10.7. The molecule has 13 nitrogen and oxygen atoms in total. The minimum atomic E-state index is -1.67. The molecule has 4 unspecified atom stereocenters. The molecule has 8 N–H and O–H groups in total. The van der Waals surface area contributed by atoms with E-state index in [1.54, 1.807) is 0 Å². The second kappa shape index (κ2) is 12.8. The Balaban J connectivity index is 2.05. The van der Waals surface area contributed by atoms with Crippen LogP contribution in [0.3, 0.4) is 0 Å². The lowest BCUT2D eigenvalue weighted by atomic mass is 10.0. The number of nitrogens with two attached hydrogens (primary N) is 1. The van der Waals surface area contributed by atoms with Crippen molar-refractivity contribution in [3.05, 3.63) is 54.1 Å². The second-order valence-corrected chi connectivity index (χ2v) is 7.87. The molecule has 0 saturated carbocycles. The van der Waals surface area contributed by atoms with Gasteiger partial charge < -0.3 is 36.9 Å². The first kappa shape index (κ1) is 27.0. The van der Waals surface area contributed by atoms with E-state index in [1.807, 2.05) is 30.3 Å². The molecule has 0 bridgehead atoms. The van der Waals surface area contributed by atoms with Crippen molar-refractivity contribution in [1.82, 2.24) is 25.9 Å². The van der Waals surface area contributed by atoms with Crippen LogP contribution in [0.5, 0.6) is 0 Å². The van der Waals surface area contributed by atoms with Crippen LogP contribution in [0.25, 0.3) is 0 Å². The zero-order valence-corrected chi connectivity index (χ0v) is 18.9. The minimum absolute atomic E-state index is 0.0146. The van der Waals surface area contributed by atoms with Crippen molar-refractivity contribution in [2.24, 2.45) is 5.73 Å². The van der Waals surface area contributed by atoms with E-state index in [9.17, 15) is 24.0 Å². The number of H-pyrrole nitrogens is 1. The molecule has 2 rings (SSSR count).